The second-order valence-corrected chi connectivity index (χ2v) is 5.88. The van der Waals surface area contributed by atoms with Gasteiger partial charge in [0.2, 0.25) is 0 Å². The van der Waals surface area contributed by atoms with E-state index in [0.717, 1.165) is 5.56 Å². The van der Waals surface area contributed by atoms with E-state index in [0.29, 0.717) is 15.9 Å². The van der Waals surface area contributed by atoms with Gasteiger partial charge >= 0.3 is 0 Å². The molecular weight excluding hydrogens is 284 g/mol. The quantitative estimate of drug-likeness (QED) is 0.693. The number of aliphatic hydroxyl groups is 1. The lowest BCUT2D eigenvalue weighted by atomic mass is 9.86. The van der Waals surface area contributed by atoms with Gasteiger partial charge in [0, 0.05) is 17.6 Å². The molecule has 1 heterocycles. The highest BCUT2D eigenvalue weighted by Gasteiger charge is 2.43. The van der Waals surface area contributed by atoms with Crippen molar-refractivity contribution in [2.75, 3.05) is 7.05 Å². The summed E-state index contributed by atoms with van der Waals surface area (Å²) in [5.74, 6) is 0.705. The molecule has 6 heteroatoms. The average molecular weight is 301 g/mol. The summed E-state index contributed by atoms with van der Waals surface area (Å²) < 4.78 is 5.82. The number of halogens is 1. The van der Waals surface area contributed by atoms with Gasteiger partial charge in [0.25, 0.3) is 0 Å². The molecule has 0 aliphatic carbocycles. The molecule has 0 saturated carbocycles. The number of rotatable bonds is 1. The molecule has 2 rings (SSSR count). The molecule has 4 nitrogen and oxygen atoms in total. The Morgan fingerprint density at radius 3 is 2.79 bits per heavy atom. The van der Waals surface area contributed by atoms with Gasteiger partial charge in [-0.05, 0) is 44.3 Å². The zero-order valence-corrected chi connectivity index (χ0v) is 12.6. The summed E-state index contributed by atoms with van der Waals surface area (Å²) in [5, 5.41) is 17.5. The summed E-state index contributed by atoms with van der Waals surface area (Å²) in [7, 11) is 1.73. The fourth-order valence-electron chi connectivity index (χ4n) is 2.14. The number of nitrogens with one attached hydrogen (secondary N) is 2. The molecule has 1 aromatic carbocycles. The third-order valence-electron chi connectivity index (χ3n) is 3.22. The minimum Gasteiger partial charge on any atom is -0.485 e. The molecule has 0 saturated heterocycles. The van der Waals surface area contributed by atoms with Crippen LogP contribution in [0.1, 0.15) is 25.5 Å². The van der Waals surface area contributed by atoms with Crippen molar-refractivity contribution in [2.24, 2.45) is 0 Å². The van der Waals surface area contributed by atoms with E-state index in [1.807, 2.05) is 19.9 Å². The van der Waals surface area contributed by atoms with E-state index in [-0.39, 0.29) is 6.04 Å². The number of hydrogen-bond donors (Lipinski definition) is 3. The first-order chi connectivity index (χ1) is 8.85. The van der Waals surface area contributed by atoms with Crippen molar-refractivity contribution in [3.05, 3.63) is 28.8 Å². The first-order valence-electron chi connectivity index (χ1n) is 6.00. The van der Waals surface area contributed by atoms with Gasteiger partial charge in [0.05, 0.1) is 6.04 Å². The maximum atomic E-state index is 10.5. The molecular formula is C13H17ClN2O2S. The van der Waals surface area contributed by atoms with Gasteiger partial charge in [0.1, 0.15) is 17.5 Å². The van der Waals surface area contributed by atoms with Gasteiger partial charge < -0.3 is 20.5 Å². The second-order valence-electron chi connectivity index (χ2n) is 5.03. The highest BCUT2D eigenvalue weighted by atomic mass is 35.5. The van der Waals surface area contributed by atoms with E-state index in [4.69, 9.17) is 28.6 Å². The van der Waals surface area contributed by atoms with Crippen LogP contribution in [0, 0.1) is 0 Å². The largest absolute Gasteiger partial charge is 0.485 e. The summed E-state index contributed by atoms with van der Waals surface area (Å²) >= 11 is 11.1. The Balaban J connectivity index is 2.44. The van der Waals surface area contributed by atoms with Gasteiger partial charge in [-0.1, -0.05) is 11.6 Å². The monoisotopic (exact) mass is 300 g/mol. The Morgan fingerprint density at radius 1 is 1.47 bits per heavy atom. The molecule has 0 amide bonds. The normalized spacial score (nSPS) is 24.1. The van der Waals surface area contributed by atoms with Crippen LogP contribution in [0.4, 0.5) is 0 Å². The highest BCUT2D eigenvalue weighted by Crippen LogP contribution is 2.40. The van der Waals surface area contributed by atoms with Crippen LogP contribution in [0.3, 0.4) is 0 Å². The van der Waals surface area contributed by atoms with Crippen molar-refractivity contribution in [2.45, 2.75) is 31.6 Å². The van der Waals surface area contributed by atoms with Crippen LogP contribution in [0.25, 0.3) is 0 Å². The van der Waals surface area contributed by atoms with Crippen LogP contribution in [-0.2, 0) is 0 Å². The molecule has 19 heavy (non-hydrogen) atoms. The number of hydrogen-bond acceptors (Lipinski definition) is 3. The number of benzene rings is 1. The fourth-order valence-corrected chi connectivity index (χ4v) is 2.45. The summed E-state index contributed by atoms with van der Waals surface area (Å²) in [6.45, 7) is 3.68. The fraction of sp³-hybridized carbons (Fsp3) is 0.462. The summed E-state index contributed by atoms with van der Waals surface area (Å²) in [6.07, 6.45) is -0.746. The third kappa shape index (κ3) is 2.78. The molecule has 2 unspecified atom stereocenters. The topological polar surface area (TPSA) is 53.5 Å². The Labute approximate surface area is 123 Å². The van der Waals surface area contributed by atoms with E-state index >= 15 is 0 Å². The summed E-state index contributed by atoms with van der Waals surface area (Å²) in [5.41, 5.74) is 0.0962. The SMILES string of the molecule is CNC(=S)NC1c2cc(Cl)ccc2OC(C)(C)C1O. The summed E-state index contributed by atoms with van der Waals surface area (Å²) in [4.78, 5) is 0. The van der Waals surface area contributed by atoms with Crippen LogP contribution in [0.2, 0.25) is 5.02 Å². The second kappa shape index (κ2) is 5.15. The first kappa shape index (κ1) is 14.4. The summed E-state index contributed by atoms with van der Waals surface area (Å²) in [6, 6.07) is 4.99. The van der Waals surface area contributed by atoms with E-state index in [1.165, 1.54) is 0 Å². The zero-order chi connectivity index (χ0) is 14.2. The molecule has 1 aromatic rings. The lowest BCUT2D eigenvalue weighted by Crippen LogP contribution is -2.54. The highest BCUT2D eigenvalue weighted by molar-refractivity contribution is 7.80. The number of aliphatic hydroxyl groups excluding tert-OH is 1. The minimum absolute atomic E-state index is 0.364. The van der Waals surface area contributed by atoms with Crippen molar-refractivity contribution < 1.29 is 9.84 Å². The van der Waals surface area contributed by atoms with Crippen molar-refractivity contribution in [3.63, 3.8) is 0 Å². The molecule has 0 radical (unpaired) electrons. The van der Waals surface area contributed by atoms with Gasteiger partial charge in [-0.15, -0.1) is 0 Å². The average Bonchev–Trinajstić information content (AvgIpc) is 2.35. The minimum atomic E-state index is -0.746. The number of thiocarbonyl (C=S) groups is 1. The lowest BCUT2D eigenvalue weighted by Gasteiger charge is -2.42. The van der Waals surface area contributed by atoms with E-state index < -0.39 is 11.7 Å². The Morgan fingerprint density at radius 2 is 2.16 bits per heavy atom. The molecule has 0 spiro atoms. The molecule has 0 fully saturated rings. The van der Waals surface area contributed by atoms with E-state index in [9.17, 15) is 5.11 Å². The van der Waals surface area contributed by atoms with Crippen LogP contribution in [-0.4, -0.2) is 29.0 Å². The van der Waals surface area contributed by atoms with Crippen LogP contribution in [0.15, 0.2) is 18.2 Å². The maximum Gasteiger partial charge on any atom is 0.166 e. The predicted octanol–water partition coefficient (Wildman–Crippen LogP) is 2.01. The molecule has 3 N–H and O–H groups in total. The predicted molar refractivity (Wildman–Crippen MR) is 79.7 cm³/mol. The van der Waals surface area contributed by atoms with Crippen molar-refractivity contribution >= 4 is 28.9 Å². The lowest BCUT2D eigenvalue weighted by molar-refractivity contribution is -0.0610. The Kier molecular flexibility index (Phi) is 3.90. The molecule has 2 atom stereocenters. The Hall–Kier alpha value is -1.04. The van der Waals surface area contributed by atoms with Gasteiger partial charge in [-0.25, -0.2) is 0 Å². The zero-order valence-electron chi connectivity index (χ0n) is 11.0. The molecule has 1 aliphatic heterocycles. The number of fused-ring (bicyclic) bond motifs is 1. The maximum absolute atomic E-state index is 10.5. The van der Waals surface area contributed by atoms with Crippen LogP contribution >= 0.6 is 23.8 Å². The standard InChI is InChI=1S/C13H17ClN2O2S/c1-13(2)11(17)10(16-12(19)15-3)8-6-7(14)4-5-9(8)18-13/h4-6,10-11,17H,1-3H3,(H2,15,16,19). The van der Waals surface area contributed by atoms with Gasteiger partial charge in [-0.2, -0.15) is 0 Å². The van der Waals surface area contributed by atoms with Crippen LogP contribution in [0.5, 0.6) is 5.75 Å². The smallest absolute Gasteiger partial charge is 0.166 e. The number of ether oxygens (including phenoxy) is 1. The van der Waals surface area contributed by atoms with Crippen molar-refractivity contribution in [3.8, 4) is 5.75 Å². The van der Waals surface area contributed by atoms with Gasteiger partial charge in [0.15, 0.2) is 5.11 Å². The van der Waals surface area contributed by atoms with Gasteiger partial charge in [-0.3, -0.25) is 0 Å². The van der Waals surface area contributed by atoms with E-state index in [1.54, 1.807) is 19.2 Å². The van der Waals surface area contributed by atoms with Crippen LogP contribution < -0.4 is 15.4 Å². The van der Waals surface area contributed by atoms with Crippen molar-refractivity contribution in [1.82, 2.24) is 10.6 Å². The molecule has 0 aromatic heterocycles. The van der Waals surface area contributed by atoms with Crippen molar-refractivity contribution in [1.29, 1.82) is 0 Å². The molecule has 0 bridgehead atoms. The van der Waals surface area contributed by atoms with E-state index in [2.05, 4.69) is 10.6 Å². The molecule has 1 aliphatic rings. The first-order valence-corrected chi connectivity index (χ1v) is 6.78. The third-order valence-corrected chi connectivity index (χ3v) is 3.78. The molecule has 104 valence electrons. The Bertz CT molecular complexity index is 507.